The van der Waals surface area contributed by atoms with Crippen molar-refractivity contribution in [2.75, 3.05) is 11.1 Å². The molecule has 0 aliphatic heterocycles. The number of nitrogens with one attached hydrogen (secondary N) is 1. The molecule has 116 valence electrons. The Bertz CT molecular complexity index is 638. The molecule has 0 amide bonds. The zero-order valence-corrected chi connectivity index (χ0v) is 12.9. The summed E-state index contributed by atoms with van der Waals surface area (Å²) in [5.41, 5.74) is 8.77. The van der Waals surface area contributed by atoms with Crippen LogP contribution in [0.15, 0.2) is 30.6 Å². The minimum Gasteiger partial charge on any atom is -0.473 e. The van der Waals surface area contributed by atoms with E-state index >= 15 is 0 Å². The second-order valence-electron chi connectivity index (χ2n) is 5.76. The average Bonchev–Trinajstić information content (AvgIpc) is 2.54. The number of hydrogen-bond acceptors (Lipinski definition) is 5. The first kappa shape index (κ1) is 14.6. The fourth-order valence-electron chi connectivity index (χ4n) is 2.75. The van der Waals surface area contributed by atoms with Gasteiger partial charge in [-0.2, -0.15) is 4.98 Å². The van der Waals surface area contributed by atoms with Gasteiger partial charge in [0.2, 0.25) is 5.88 Å². The maximum atomic E-state index is 6.19. The molecule has 5 heteroatoms. The molecule has 1 aliphatic carbocycles. The topological polar surface area (TPSA) is 73.1 Å². The van der Waals surface area contributed by atoms with Gasteiger partial charge >= 0.3 is 0 Å². The Labute approximate surface area is 130 Å². The first-order valence-electron chi connectivity index (χ1n) is 7.84. The van der Waals surface area contributed by atoms with Crippen molar-refractivity contribution in [1.82, 2.24) is 9.97 Å². The van der Waals surface area contributed by atoms with Gasteiger partial charge in [-0.05, 0) is 44.2 Å². The average molecular weight is 298 g/mol. The summed E-state index contributed by atoms with van der Waals surface area (Å²) in [5.74, 6) is 1.08. The number of rotatable bonds is 4. The quantitative estimate of drug-likeness (QED) is 0.897. The lowest BCUT2D eigenvalue weighted by Gasteiger charge is -2.23. The Balaban J connectivity index is 1.78. The summed E-state index contributed by atoms with van der Waals surface area (Å²) in [6.45, 7) is 2.04. The number of ether oxygens (including phenoxy) is 1. The molecule has 22 heavy (non-hydrogen) atoms. The van der Waals surface area contributed by atoms with Crippen LogP contribution in [0.4, 0.5) is 17.2 Å². The van der Waals surface area contributed by atoms with E-state index in [-0.39, 0.29) is 6.10 Å². The number of hydrogen-bond donors (Lipinski definition) is 2. The number of nitrogen functional groups attached to an aromatic ring is 1. The highest BCUT2D eigenvalue weighted by atomic mass is 16.5. The summed E-state index contributed by atoms with van der Waals surface area (Å²) in [4.78, 5) is 8.44. The Morgan fingerprint density at radius 3 is 2.68 bits per heavy atom. The molecular formula is C17H22N4O. The van der Waals surface area contributed by atoms with Gasteiger partial charge in [0.05, 0.1) is 0 Å². The van der Waals surface area contributed by atoms with Crippen LogP contribution in [0.3, 0.4) is 0 Å². The van der Waals surface area contributed by atoms with Crippen LogP contribution in [0.5, 0.6) is 5.88 Å². The van der Waals surface area contributed by atoms with Crippen molar-refractivity contribution in [3.05, 3.63) is 36.2 Å². The lowest BCUT2D eigenvalue weighted by atomic mass is 9.98. The molecule has 0 unspecified atom stereocenters. The Morgan fingerprint density at radius 1 is 1.14 bits per heavy atom. The number of para-hydroxylation sites is 1. The SMILES string of the molecule is Cc1ccccc1Nc1ncnc(OC2CCCCC2)c1N. The van der Waals surface area contributed by atoms with Crippen molar-refractivity contribution in [3.63, 3.8) is 0 Å². The zero-order chi connectivity index (χ0) is 15.4. The van der Waals surface area contributed by atoms with Crippen LogP contribution < -0.4 is 15.8 Å². The Morgan fingerprint density at radius 2 is 1.91 bits per heavy atom. The molecule has 1 heterocycles. The first-order chi connectivity index (χ1) is 10.7. The van der Waals surface area contributed by atoms with Gasteiger partial charge in [0.1, 0.15) is 18.1 Å². The van der Waals surface area contributed by atoms with Crippen LogP contribution in [0.25, 0.3) is 0 Å². The number of nitrogens with two attached hydrogens (primary N) is 1. The number of nitrogens with zero attached hydrogens (tertiary/aromatic N) is 2. The van der Waals surface area contributed by atoms with E-state index in [9.17, 15) is 0 Å². The normalized spacial score (nSPS) is 15.5. The zero-order valence-electron chi connectivity index (χ0n) is 12.9. The summed E-state index contributed by atoms with van der Waals surface area (Å²) in [6, 6.07) is 8.02. The third kappa shape index (κ3) is 3.30. The fourth-order valence-corrected chi connectivity index (χ4v) is 2.75. The van der Waals surface area contributed by atoms with Gasteiger partial charge in [0.15, 0.2) is 5.82 Å². The van der Waals surface area contributed by atoms with Crippen LogP contribution >= 0.6 is 0 Å². The van der Waals surface area contributed by atoms with Gasteiger partial charge in [-0.15, -0.1) is 0 Å². The van der Waals surface area contributed by atoms with E-state index in [1.165, 1.54) is 25.6 Å². The fraction of sp³-hybridized carbons (Fsp3) is 0.412. The van der Waals surface area contributed by atoms with Gasteiger partial charge in [-0.1, -0.05) is 24.6 Å². The number of benzene rings is 1. The molecule has 0 bridgehead atoms. The van der Waals surface area contributed by atoms with E-state index in [0.29, 0.717) is 17.4 Å². The van der Waals surface area contributed by atoms with E-state index in [4.69, 9.17) is 10.5 Å². The Hall–Kier alpha value is -2.30. The van der Waals surface area contributed by atoms with Gasteiger partial charge in [0, 0.05) is 5.69 Å². The monoisotopic (exact) mass is 298 g/mol. The van der Waals surface area contributed by atoms with Crippen LogP contribution in [-0.2, 0) is 0 Å². The van der Waals surface area contributed by atoms with E-state index in [1.54, 1.807) is 0 Å². The molecule has 1 aromatic heterocycles. The van der Waals surface area contributed by atoms with Crippen molar-refractivity contribution in [1.29, 1.82) is 0 Å². The smallest absolute Gasteiger partial charge is 0.242 e. The summed E-state index contributed by atoms with van der Waals surface area (Å²) >= 11 is 0. The van der Waals surface area contributed by atoms with Crippen molar-refractivity contribution < 1.29 is 4.74 Å². The second-order valence-corrected chi connectivity index (χ2v) is 5.76. The van der Waals surface area contributed by atoms with E-state index in [1.807, 2.05) is 31.2 Å². The predicted octanol–water partition coefficient (Wildman–Crippen LogP) is 3.82. The van der Waals surface area contributed by atoms with Crippen molar-refractivity contribution in [2.24, 2.45) is 0 Å². The second kappa shape index (κ2) is 6.64. The predicted molar refractivity (Wildman–Crippen MR) is 88.4 cm³/mol. The van der Waals surface area contributed by atoms with Gasteiger partial charge in [0.25, 0.3) is 0 Å². The third-order valence-electron chi connectivity index (χ3n) is 4.08. The lowest BCUT2D eigenvalue weighted by Crippen LogP contribution is -2.21. The molecule has 1 aromatic carbocycles. The molecule has 5 nitrogen and oxygen atoms in total. The van der Waals surface area contributed by atoms with Crippen LogP contribution in [0.1, 0.15) is 37.7 Å². The van der Waals surface area contributed by atoms with Crippen LogP contribution in [-0.4, -0.2) is 16.1 Å². The molecule has 0 saturated heterocycles. The molecule has 0 radical (unpaired) electrons. The maximum Gasteiger partial charge on any atom is 0.242 e. The van der Waals surface area contributed by atoms with Gasteiger partial charge < -0.3 is 15.8 Å². The van der Waals surface area contributed by atoms with Crippen LogP contribution in [0, 0.1) is 6.92 Å². The molecule has 0 atom stereocenters. The minimum atomic E-state index is 0.220. The highest BCUT2D eigenvalue weighted by Crippen LogP contribution is 2.31. The summed E-state index contributed by atoms with van der Waals surface area (Å²) in [7, 11) is 0. The lowest BCUT2D eigenvalue weighted by molar-refractivity contribution is 0.149. The molecule has 3 rings (SSSR count). The van der Waals surface area contributed by atoms with Crippen molar-refractivity contribution >= 4 is 17.2 Å². The molecule has 0 spiro atoms. The van der Waals surface area contributed by atoms with E-state index < -0.39 is 0 Å². The molecule has 1 saturated carbocycles. The van der Waals surface area contributed by atoms with Gasteiger partial charge in [-0.25, -0.2) is 4.98 Å². The molecule has 2 aromatic rings. The highest BCUT2D eigenvalue weighted by Gasteiger charge is 2.18. The molecule has 3 N–H and O–H groups in total. The standard InChI is InChI=1S/C17H22N4O/c1-12-7-5-6-10-14(12)21-16-15(18)17(20-11-19-16)22-13-8-3-2-4-9-13/h5-7,10-11,13H,2-4,8-9,18H2,1H3,(H,19,20,21). The van der Waals surface area contributed by atoms with Crippen LogP contribution in [0.2, 0.25) is 0 Å². The summed E-state index contributed by atoms with van der Waals surface area (Å²) in [5, 5.41) is 3.26. The molecular weight excluding hydrogens is 276 g/mol. The summed E-state index contributed by atoms with van der Waals surface area (Å²) < 4.78 is 5.98. The first-order valence-corrected chi connectivity index (χ1v) is 7.84. The third-order valence-corrected chi connectivity index (χ3v) is 4.08. The number of aromatic nitrogens is 2. The van der Waals surface area contributed by atoms with E-state index in [2.05, 4.69) is 15.3 Å². The number of anilines is 3. The minimum absolute atomic E-state index is 0.220. The highest BCUT2D eigenvalue weighted by molar-refractivity contribution is 5.73. The van der Waals surface area contributed by atoms with Crippen molar-refractivity contribution in [3.8, 4) is 5.88 Å². The van der Waals surface area contributed by atoms with Gasteiger partial charge in [-0.3, -0.25) is 0 Å². The summed E-state index contributed by atoms with van der Waals surface area (Å²) in [6.07, 6.45) is 7.58. The largest absolute Gasteiger partial charge is 0.473 e. The molecule has 1 fully saturated rings. The Kier molecular flexibility index (Phi) is 4.42. The molecule has 1 aliphatic rings. The number of aryl methyl sites for hydroxylation is 1. The van der Waals surface area contributed by atoms with Crippen molar-refractivity contribution in [2.45, 2.75) is 45.1 Å². The maximum absolute atomic E-state index is 6.19. The van der Waals surface area contributed by atoms with E-state index in [0.717, 1.165) is 24.1 Å².